The van der Waals surface area contributed by atoms with Gasteiger partial charge in [-0.2, -0.15) is 13.2 Å². The number of carbonyl (C=O) groups is 2. The SMILES string of the molecule is CCON=C(CN1C(=O)c2ccccc2C1=O)c1ncc(C(F)(F)F)cc1Cl. The minimum Gasteiger partial charge on any atom is -0.396 e. The number of carbonyl (C=O) groups excluding carboxylic acids is 2. The third-order valence-corrected chi connectivity index (χ3v) is 4.22. The number of hydrogen-bond donors (Lipinski definition) is 0. The lowest BCUT2D eigenvalue weighted by Crippen LogP contribution is -2.35. The molecular formula is C18H13ClF3N3O3. The third-order valence-electron chi connectivity index (χ3n) is 3.93. The van der Waals surface area contributed by atoms with Crippen LogP contribution in [-0.4, -0.2) is 40.6 Å². The minimum atomic E-state index is -4.62. The monoisotopic (exact) mass is 411 g/mol. The molecule has 10 heteroatoms. The summed E-state index contributed by atoms with van der Waals surface area (Å²) in [5.74, 6) is -1.10. The van der Waals surface area contributed by atoms with Gasteiger partial charge in [0.1, 0.15) is 18.0 Å². The number of aromatic nitrogens is 1. The summed E-state index contributed by atoms with van der Waals surface area (Å²) in [5.41, 5.74) is -0.725. The Labute approximate surface area is 162 Å². The number of oxime groups is 1. The second kappa shape index (κ2) is 7.59. The van der Waals surface area contributed by atoms with Crippen molar-refractivity contribution in [3.8, 4) is 0 Å². The van der Waals surface area contributed by atoms with Crippen LogP contribution in [0.3, 0.4) is 0 Å². The van der Waals surface area contributed by atoms with E-state index in [0.29, 0.717) is 12.3 Å². The second-order valence-corrected chi connectivity index (χ2v) is 6.16. The number of imide groups is 1. The number of halogens is 4. The van der Waals surface area contributed by atoms with E-state index < -0.39 is 23.6 Å². The number of nitrogens with zero attached hydrogens (tertiary/aromatic N) is 3. The molecule has 0 saturated carbocycles. The van der Waals surface area contributed by atoms with Gasteiger partial charge in [-0.1, -0.05) is 28.9 Å². The molecule has 0 fully saturated rings. The first-order chi connectivity index (χ1) is 13.2. The molecule has 1 aliphatic rings. The molecule has 1 aliphatic heterocycles. The number of fused-ring (bicyclic) bond motifs is 1. The first kappa shape index (κ1) is 19.8. The summed E-state index contributed by atoms with van der Waals surface area (Å²) in [4.78, 5) is 34.7. The van der Waals surface area contributed by atoms with E-state index in [1.807, 2.05) is 0 Å². The Morgan fingerprint density at radius 1 is 1.21 bits per heavy atom. The van der Waals surface area contributed by atoms with E-state index in [0.717, 1.165) is 4.90 Å². The highest BCUT2D eigenvalue weighted by atomic mass is 35.5. The zero-order valence-corrected chi connectivity index (χ0v) is 15.2. The lowest BCUT2D eigenvalue weighted by Gasteiger charge is -2.16. The first-order valence-corrected chi connectivity index (χ1v) is 8.49. The molecule has 1 aromatic heterocycles. The normalized spacial score (nSPS) is 14.5. The maximum Gasteiger partial charge on any atom is 0.417 e. The fourth-order valence-electron chi connectivity index (χ4n) is 2.63. The van der Waals surface area contributed by atoms with Crippen LogP contribution in [0.15, 0.2) is 41.7 Å². The van der Waals surface area contributed by atoms with Crippen molar-refractivity contribution in [2.24, 2.45) is 5.16 Å². The Morgan fingerprint density at radius 3 is 2.32 bits per heavy atom. The molecule has 0 aliphatic carbocycles. The largest absolute Gasteiger partial charge is 0.417 e. The topological polar surface area (TPSA) is 71.9 Å². The van der Waals surface area contributed by atoms with E-state index in [4.69, 9.17) is 16.4 Å². The smallest absolute Gasteiger partial charge is 0.396 e. The van der Waals surface area contributed by atoms with Crippen LogP contribution in [0.4, 0.5) is 13.2 Å². The molecule has 0 bridgehead atoms. The van der Waals surface area contributed by atoms with Crippen molar-refractivity contribution < 1.29 is 27.6 Å². The zero-order chi connectivity index (χ0) is 20.5. The van der Waals surface area contributed by atoms with Gasteiger partial charge in [-0.15, -0.1) is 0 Å². The lowest BCUT2D eigenvalue weighted by molar-refractivity contribution is -0.137. The Kier molecular flexibility index (Phi) is 5.37. The van der Waals surface area contributed by atoms with Gasteiger partial charge in [0.15, 0.2) is 0 Å². The van der Waals surface area contributed by atoms with Crippen LogP contribution in [0.1, 0.15) is 38.9 Å². The molecule has 28 heavy (non-hydrogen) atoms. The van der Waals surface area contributed by atoms with Crippen molar-refractivity contribution in [1.82, 2.24) is 9.88 Å². The Balaban J connectivity index is 1.95. The summed E-state index contributed by atoms with van der Waals surface area (Å²) in [6, 6.07) is 6.97. The predicted molar refractivity (Wildman–Crippen MR) is 94.2 cm³/mol. The average molecular weight is 412 g/mol. The first-order valence-electron chi connectivity index (χ1n) is 8.11. The Morgan fingerprint density at radius 2 is 1.82 bits per heavy atom. The quantitative estimate of drug-likeness (QED) is 0.426. The van der Waals surface area contributed by atoms with Crippen molar-refractivity contribution in [1.29, 1.82) is 0 Å². The van der Waals surface area contributed by atoms with Gasteiger partial charge in [0.25, 0.3) is 11.8 Å². The molecule has 0 saturated heterocycles. The molecule has 1 aromatic carbocycles. The molecule has 2 aromatic rings. The highest BCUT2D eigenvalue weighted by molar-refractivity contribution is 6.34. The summed E-state index contributed by atoms with van der Waals surface area (Å²) >= 11 is 5.97. The van der Waals surface area contributed by atoms with E-state index >= 15 is 0 Å². The molecule has 2 heterocycles. The van der Waals surface area contributed by atoms with Crippen molar-refractivity contribution in [2.75, 3.05) is 13.2 Å². The molecule has 0 unspecified atom stereocenters. The van der Waals surface area contributed by atoms with E-state index in [1.165, 1.54) is 12.1 Å². The molecule has 3 rings (SSSR count). The molecule has 0 spiro atoms. The molecule has 6 nitrogen and oxygen atoms in total. The van der Waals surface area contributed by atoms with Gasteiger partial charge in [0, 0.05) is 6.20 Å². The van der Waals surface area contributed by atoms with Crippen molar-refractivity contribution in [3.63, 3.8) is 0 Å². The highest BCUT2D eigenvalue weighted by Crippen LogP contribution is 2.31. The Hall–Kier alpha value is -2.94. The van der Waals surface area contributed by atoms with Crippen LogP contribution in [0.2, 0.25) is 5.02 Å². The van der Waals surface area contributed by atoms with Crippen molar-refractivity contribution >= 4 is 29.1 Å². The van der Waals surface area contributed by atoms with E-state index in [2.05, 4.69) is 10.1 Å². The number of rotatable bonds is 5. The molecule has 146 valence electrons. The van der Waals surface area contributed by atoms with Crippen LogP contribution in [0.5, 0.6) is 0 Å². The number of benzene rings is 1. The lowest BCUT2D eigenvalue weighted by atomic mass is 10.1. The minimum absolute atomic E-state index is 0.0462. The summed E-state index contributed by atoms with van der Waals surface area (Å²) in [6.45, 7) is 1.44. The number of alkyl halides is 3. The van der Waals surface area contributed by atoms with Crippen LogP contribution >= 0.6 is 11.6 Å². The molecule has 2 amide bonds. The Bertz CT molecular complexity index is 941. The van der Waals surface area contributed by atoms with Gasteiger partial charge in [0.2, 0.25) is 0 Å². The van der Waals surface area contributed by atoms with Crippen molar-refractivity contribution in [2.45, 2.75) is 13.1 Å². The van der Waals surface area contributed by atoms with Gasteiger partial charge < -0.3 is 4.84 Å². The average Bonchev–Trinajstić information content (AvgIpc) is 2.89. The summed E-state index contributed by atoms with van der Waals surface area (Å²) in [7, 11) is 0. The molecule has 0 N–H and O–H groups in total. The van der Waals surface area contributed by atoms with Gasteiger partial charge in [-0.25, -0.2) is 0 Å². The molecule has 0 radical (unpaired) electrons. The van der Waals surface area contributed by atoms with Gasteiger partial charge in [-0.3, -0.25) is 19.5 Å². The van der Waals surface area contributed by atoms with Gasteiger partial charge in [0.05, 0.1) is 28.3 Å². The van der Waals surface area contributed by atoms with Crippen LogP contribution in [0.25, 0.3) is 0 Å². The second-order valence-electron chi connectivity index (χ2n) is 5.75. The summed E-state index contributed by atoms with van der Waals surface area (Å²) in [5, 5.41) is 3.47. The van der Waals surface area contributed by atoms with E-state index in [1.54, 1.807) is 19.1 Å². The fourth-order valence-corrected chi connectivity index (χ4v) is 2.90. The molecule has 0 atom stereocenters. The van der Waals surface area contributed by atoms with Gasteiger partial charge in [-0.05, 0) is 25.1 Å². The summed E-state index contributed by atoms with van der Waals surface area (Å²) in [6.07, 6.45) is -4.01. The van der Waals surface area contributed by atoms with Crippen LogP contribution in [-0.2, 0) is 11.0 Å². The maximum absolute atomic E-state index is 12.8. The van der Waals surface area contributed by atoms with Crippen molar-refractivity contribution in [3.05, 3.63) is 63.9 Å². The van der Waals surface area contributed by atoms with Crippen LogP contribution in [0, 0.1) is 0 Å². The predicted octanol–water partition coefficient (Wildman–Crippen LogP) is 3.79. The fraction of sp³-hybridized carbons (Fsp3) is 0.222. The standard InChI is InChI=1S/C18H13ClF3N3O3/c1-2-28-24-14(15-13(19)7-10(8-23-15)18(20,21)22)9-25-16(26)11-5-3-4-6-12(11)17(25)27/h3-8H,2,9H2,1H3. The van der Waals surface area contributed by atoms with Gasteiger partial charge >= 0.3 is 6.18 Å². The van der Waals surface area contributed by atoms with E-state index in [9.17, 15) is 22.8 Å². The number of pyridine rings is 1. The molecular weight excluding hydrogens is 399 g/mol. The number of amides is 2. The highest BCUT2D eigenvalue weighted by Gasteiger charge is 2.37. The number of hydrogen-bond acceptors (Lipinski definition) is 5. The zero-order valence-electron chi connectivity index (χ0n) is 14.5. The maximum atomic E-state index is 12.8. The summed E-state index contributed by atoms with van der Waals surface area (Å²) < 4.78 is 38.5. The van der Waals surface area contributed by atoms with E-state index in [-0.39, 0.29) is 40.7 Å². The third kappa shape index (κ3) is 3.70. The van der Waals surface area contributed by atoms with Crippen LogP contribution < -0.4 is 0 Å².